The van der Waals surface area contributed by atoms with Crippen molar-refractivity contribution in [3.05, 3.63) is 36.5 Å². The fourth-order valence-corrected chi connectivity index (χ4v) is 2.71. The van der Waals surface area contributed by atoms with E-state index in [1.54, 1.807) is 41.5 Å². The van der Waals surface area contributed by atoms with E-state index >= 15 is 0 Å². The zero-order valence-corrected chi connectivity index (χ0v) is 23.0. The highest BCUT2D eigenvalue weighted by Crippen LogP contribution is 2.25. The molecule has 0 aromatic heterocycles. The van der Waals surface area contributed by atoms with Crippen LogP contribution in [0.1, 0.15) is 54.9 Å². The van der Waals surface area contributed by atoms with Gasteiger partial charge in [-0.05, 0) is 48.0 Å². The van der Waals surface area contributed by atoms with Crippen molar-refractivity contribution in [1.82, 2.24) is 0 Å². The molecule has 3 unspecified atom stereocenters. The Morgan fingerprint density at radius 2 is 0.861 bits per heavy atom. The highest BCUT2D eigenvalue weighted by Gasteiger charge is 2.31. The van der Waals surface area contributed by atoms with Crippen molar-refractivity contribution in [1.29, 1.82) is 0 Å². The summed E-state index contributed by atoms with van der Waals surface area (Å²) < 4.78 is 33.4. The summed E-state index contributed by atoms with van der Waals surface area (Å²) in [7, 11) is 0. The molecule has 0 saturated carbocycles. The van der Waals surface area contributed by atoms with E-state index in [9.17, 15) is 14.4 Å². The summed E-state index contributed by atoms with van der Waals surface area (Å²) in [5.41, 5.74) is 0.396. The highest BCUT2D eigenvalue weighted by atomic mass is 16.6. The Bertz CT molecular complexity index is 673. The summed E-state index contributed by atoms with van der Waals surface area (Å²) in [4.78, 5) is 35.2. The van der Waals surface area contributed by atoms with Gasteiger partial charge in [0.05, 0.1) is 39.6 Å². The maximum atomic E-state index is 11.7. The maximum absolute atomic E-state index is 11.7. The Morgan fingerprint density at radius 3 is 1.06 bits per heavy atom. The zero-order chi connectivity index (χ0) is 27.9. The van der Waals surface area contributed by atoms with Crippen LogP contribution < -0.4 is 0 Å². The Hall–Kier alpha value is -2.49. The van der Waals surface area contributed by atoms with Crippen molar-refractivity contribution in [3.8, 4) is 0 Å². The number of carbonyl (C=O) groups is 3. The van der Waals surface area contributed by atoms with Crippen LogP contribution in [-0.2, 0) is 42.8 Å². The summed E-state index contributed by atoms with van der Waals surface area (Å²) in [5, 5.41) is 0. The van der Waals surface area contributed by atoms with E-state index in [4.69, 9.17) is 28.4 Å². The first-order valence-electron chi connectivity index (χ1n) is 12.1. The lowest BCUT2D eigenvalue weighted by Gasteiger charge is -2.33. The largest absolute Gasteiger partial charge is 0.457 e. The molecule has 9 heteroatoms. The average Bonchev–Trinajstić information content (AvgIpc) is 2.78. The van der Waals surface area contributed by atoms with Crippen LogP contribution in [-0.4, -0.2) is 75.9 Å². The normalized spacial score (nSPS) is 15.1. The van der Waals surface area contributed by atoms with Gasteiger partial charge in [0.1, 0.15) is 18.3 Å². The molecule has 3 atom stereocenters. The first-order valence-corrected chi connectivity index (χ1v) is 12.1. The lowest BCUT2D eigenvalue weighted by atomic mass is 9.88. The lowest BCUT2D eigenvalue weighted by Crippen LogP contribution is -2.39. The van der Waals surface area contributed by atoms with E-state index < -0.39 is 41.6 Å². The van der Waals surface area contributed by atoms with Crippen LogP contribution in [0.2, 0.25) is 0 Å². The molecule has 0 amide bonds. The standard InChI is InChI=1S/C27H44O9/c1-11-27(15-31-12-21(8)34-24(28)18(2)3,16-32-13-22(9)35-25(29)19(4)5)17-33-14-23(10)36-26(30)20(6)7/h21-23H,2,4,6,11-17H2,1,3,5,7-10H3. The maximum Gasteiger partial charge on any atom is 0.333 e. The molecular formula is C27H44O9. The third-order valence-corrected chi connectivity index (χ3v) is 5.00. The van der Waals surface area contributed by atoms with Gasteiger partial charge in [0.15, 0.2) is 0 Å². The number of hydrogen-bond acceptors (Lipinski definition) is 9. The van der Waals surface area contributed by atoms with Crippen LogP contribution >= 0.6 is 0 Å². The van der Waals surface area contributed by atoms with Crippen molar-refractivity contribution in [3.63, 3.8) is 0 Å². The molecule has 0 bridgehead atoms. The van der Waals surface area contributed by atoms with E-state index in [2.05, 4.69) is 19.7 Å². The van der Waals surface area contributed by atoms with Gasteiger partial charge >= 0.3 is 17.9 Å². The SMILES string of the molecule is C=C(C)C(=O)OC(C)COCC(CC)(COCC(C)OC(=O)C(=C)C)COCC(C)OC(=O)C(=C)C. The van der Waals surface area contributed by atoms with E-state index in [0.717, 1.165) is 0 Å². The average molecular weight is 513 g/mol. The minimum atomic E-state index is -0.547. The molecule has 0 saturated heterocycles. The second kappa shape index (κ2) is 17.1. The summed E-state index contributed by atoms with van der Waals surface area (Å²) in [6, 6.07) is 0. The summed E-state index contributed by atoms with van der Waals surface area (Å²) in [5.74, 6) is -1.43. The van der Waals surface area contributed by atoms with Crippen LogP contribution in [0.5, 0.6) is 0 Å². The smallest absolute Gasteiger partial charge is 0.333 e. The molecule has 9 nitrogen and oxygen atoms in total. The summed E-state index contributed by atoms with van der Waals surface area (Å²) >= 11 is 0. The van der Waals surface area contributed by atoms with E-state index in [1.807, 2.05) is 6.92 Å². The number of hydrogen-bond donors (Lipinski definition) is 0. The molecule has 0 aromatic carbocycles. The second-order valence-electron chi connectivity index (χ2n) is 9.39. The fraction of sp³-hybridized carbons (Fsp3) is 0.667. The number of carbonyl (C=O) groups excluding carboxylic acids is 3. The molecule has 0 rings (SSSR count). The van der Waals surface area contributed by atoms with Gasteiger partial charge in [0.25, 0.3) is 0 Å². The Balaban J connectivity index is 5.05. The first kappa shape index (κ1) is 33.5. The Morgan fingerprint density at radius 1 is 0.611 bits per heavy atom. The molecule has 0 N–H and O–H groups in total. The van der Waals surface area contributed by atoms with Crippen LogP contribution in [0.25, 0.3) is 0 Å². The third-order valence-electron chi connectivity index (χ3n) is 5.00. The molecule has 0 spiro atoms. The van der Waals surface area contributed by atoms with Crippen molar-refractivity contribution in [2.45, 2.75) is 73.2 Å². The fourth-order valence-electron chi connectivity index (χ4n) is 2.71. The van der Waals surface area contributed by atoms with Crippen LogP contribution in [0, 0.1) is 5.41 Å². The van der Waals surface area contributed by atoms with Gasteiger partial charge in [-0.15, -0.1) is 0 Å². The minimum absolute atomic E-state index is 0.181. The number of esters is 3. The number of ether oxygens (including phenoxy) is 6. The molecule has 0 aliphatic rings. The second-order valence-corrected chi connectivity index (χ2v) is 9.39. The lowest BCUT2D eigenvalue weighted by molar-refractivity contribution is -0.151. The molecular weight excluding hydrogens is 468 g/mol. The molecule has 206 valence electrons. The van der Waals surface area contributed by atoms with E-state index in [0.29, 0.717) is 23.1 Å². The molecule has 0 fully saturated rings. The van der Waals surface area contributed by atoms with Gasteiger partial charge in [-0.3, -0.25) is 0 Å². The van der Waals surface area contributed by atoms with Crippen LogP contribution in [0.3, 0.4) is 0 Å². The third kappa shape index (κ3) is 14.2. The van der Waals surface area contributed by atoms with Gasteiger partial charge in [0, 0.05) is 22.1 Å². The van der Waals surface area contributed by atoms with Crippen LogP contribution in [0.4, 0.5) is 0 Å². The van der Waals surface area contributed by atoms with E-state index in [-0.39, 0.29) is 39.6 Å². The molecule has 0 radical (unpaired) electrons. The van der Waals surface area contributed by atoms with Gasteiger partial charge in [-0.25, -0.2) is 14.4 Å². The van der Waals surface area contributed by atoms with Gasteiger partial charge in [0.2, 0.25) is 0 Å². The van der Waals surface area contributed by atoms with Crippen LogP contribution in [0.15, 0.2) is 36.5 Å². The van der Waals surface area contributed by atoms with Crippen molar-refractivity contribution in [2.24, 2.45) is 5.41 Å². The summed E-state index contributed by atoms with van der Waals surface area (Å²) in [6.07, 6.45) is -0.747. The van der Waals surface area contributed by atoms with Crippen molar-refractivity contribution in [2.75, 3.05) is 39.6 Å². The molecule has 0 aliphatic carbocycles. The molecule has 36 heavy (non-hydrogen) atoms. The van der Waals surface area contributed by atoms with Crippen molar-refractivity contribution < 1.29 is 42.8 Å². The topological polar surface area (TPSA) is 107 Å². The van der Waals surface area contributed by atoms with Crippen molar-refractivity contribution >= 4 is 17.9 Å². The minimum Gasteiger partial charge on any atom is -0.457 e. The first-order chi connectivity index (χ1) is 16.7. The van der Waals surface area contributed by atoms with Gasteiger partial charge in [-0.1, -0.05) is 26.7 Å². The Kier molecular flexibility index (Phi) is 15.9. The quantitative estimate of drug-likeness (QED) is 0.144. The monoisotopic (exact) mass is 512 g/mol. The molecule has 0 aliphatic heterocycles. The Labute approximate surface area is 215 Å². The predicted octanol–water partition coefficient (Wildman–Crippen LogP) is 3.96. The predicted molar refractivity (Wildman–Crippen MR) is 136 cm³/mol. The number of rotatable bonds is 19. The van der Waals surface area contributed by atoms with Gasteiger partial charge in [-0.2, -0.15) is 0 Å². The molecule has 0 aromatic rings. The van der Waals surface area contributed by atoms with E-state index in [1.165, 1.54) is 0 Å². The summed E-state index contributed by atoms with van der Waals surface area (Å²) in [6.45, 7) is 24.0. The zero-order valence-electron chi connectivity index (χ0n) is 23.0. The van der Waals surface area contributed by atoms with Gasteiger partial charge < -0.3 is 28.4 Å². The molecule has 0 heterocycles. The highest BCUT2D eigenvalue weighted by molar-refractivity contribution is 5.87.